The topological polar surface area (TPSA) is 30.0 Å². The van der Waals surface area contributed by atoms with Crippen LogP contribution in [0.2, 0.25) is 5.02 Å². The Hall–Kier alpha value is -1.38. The normalized spacial score (nSPS) is 10.1. The third kappa shape index (κ3) is 2.08. The van der Waals surface area contributed by atoms with Gasteiger partial charge >= 0.3 is 0 Å². The third-order valence-electron chi connectivity index (χ3n) is 2.14. The van der Waals surface area contributed by atoms with Crippen molar-refractivity contribution >= 4 is 28.4 Å². The van der Waals surface area contributed by atoms with Crippen LogP contribution in [0.4, 0.5) is 0 Å². The molecule has 0 radical (unpaired) electrons. The molecule has 0 fully saturated rings. The standard InChI is InChI=1S/C12H7Cl2NO/c13-9-6-7-15-11(10(9)12(14)16)8-4-2-1-3-5-8/h1-7H. The van der Waals surface area contributed by atoms with Crippen LogP contribution in [-0.4, -0.2) is 10.2 Å². The summed E-state index contributed by atoms with van der Waals surface area (Å²) in [7, 11) is 0. The minimum absolute atomic E-state index is 0.247. The van der Waals surface area contributed by atoms with Gasteiger partial charge in [0.15, 0.2) is 0 Å². The minimum Gasteiger partial charge on any atom is -0.275 e. The smallest absolute Gasteiger partial charge is 0.256 e. The quantitative estimate of drug-likeness (QED) is 0.761. The number of carbonyl (C=O) groups is 1. The van der Waals surface area contributed by atoms with Crippen LogP contribution in [0.1, 0.15) is 10.4 Å². The third-order valence-corrected chi connectivity index (χ3v) is 2.65. The van der Waals surface area contributed by atoms with Gasteiger partial charge in [0, 0.05) is 11.8 Å². The lowest BCUT2D eigenvalue weighted by Gasteiger charge is -2.06. The van der Waals surface area contributed by atoms with E-state index < -0.39 is 5.24 Å². The largest absolute Gasteiger partial charge is 0.275 e. The molecule has 0 atom stereocenters. The van der Waals surface area contributed by atoms with Gasteiger partial charge in [-0.1, -0.05) is 41.9 Å². The number of hydrogen-bond acceptors (Lipinski definition) is 2. The van der Waals surface area contributed by atoms with Crippen LogP contribution in [-0.2, 0) is 0 Å². The molecule has 2 rings (SSSR count). The highest BCUT2D eigenvalue weighted by Gasteiger charge is 2.15. The van der Waals surface area contributed by atoms with Crippen LogP contribution in [0.3, 0.4) is 0 Å². The number of aromatic nitrogens is 1. The second-order valence-electron chi connectivity index (χ2n) is 3.16. The number of nitrogens with zero attached hydrogens (tertiary/aromatic N) is 1. The molecule has 1 heterocycles. The van der Waals surface area contributed by atoms with Crippen molar-refractivity contribution in [1.29, 1.82) is 0 Å². The maximum Gasteiger partial charge on any atom is 0.256 e. The Morgan fingerprint density at radius 1 is 1.12 bits per heavy atom. The van der Waals surface area contributed by atoms with E-state index in [-0.39, 0.29) is 5.56 Å². The summed E-state index contributed by atoms with van der Waals surface area (Å²) < 4.78 is 0. The molecule has 0 saturated heterocycles. The van der Waals surface area contributed by atoms with E-state index in [9.17, 15) is 4.79 Å². The van der Waals surface area contributed by atoms with Crippen molar-refractivity contribution in [2.75, 3.05) is 0 Å². The lowest BCUT2D eigenvalue weighted by atomic mass is 10.1. The van der Waals surface area contributed by atoms with Gasteiger partial charge in [-0.05, 0) is 17.7 Å². The summed E-state index contributed by atoms with van der Waals surface area (Å²) in [5, 5.41) is -0.286. The van der Waals surface area contributed by atoms with Crippen LogP contribution < -0.4 is 0 Å². The fourth-order valence-electron chi connectivity index (χ4n) is 1.44. The molecule has 2 nitrogen and oxygen atoms in total. The number of hydrogen-bond donors (Lipinski definition) is 0. The highest BCUT2D eigenvalue weighted by Crippen LogP contribution is 2.27. The number of pyridine rings is 1. The summed E-state index contributed by atoms with van der Waals surface area (Å²) in [6, 6.07) is 10.9. The van der Waals surface area contributed by atoms with Gasteiger partial charge < -0.3 is 0 Å². The summed E-state index contributed by atoms with van der Waals surface area (Å²) in [6.45, 7) is 0. The summed E-state index contributed by atoms with van der Waals surface area (Å²) in [5.41, 5.74) is 1.57. The van der Waals surface area contributed by atoms with E-state index in [1.165, 1.54) is 0 Å². The van der Waals surface area contributed by atoms with E-state index in [0.29, 0.717) is 10.7 Å². The summed E-state index contributed by atoms with van der Waals surface area (Å²) in [4.78, 5) is 15.4. The van der Waals surface area contributed by atoms with Crippen molar-refractivity contribution in [1.82, 2.24) is 4.98 Å². The zero-order valence-electron chi connectivity index (χ0n) is 8.15. The second-order valence-corrected chi connectivity index (χ2v) is 3.91. The number of rotatable bonds is 2. The van der Waals surface area contributed by atoms with Crippen LogP contribution in [0.5, 0.6) is 0 Å². The molecule has 0 spiro atoms. The molecular weight excluding hydrogens is 245 g/mol. The number of halogens is 2. The predicted molar refractivity (Wildman–Crippen MR) is 64.9 cm³/mol. The van der Waals surface area contributed by atoms with Crippen molar-refractivity contribution in [3.63, 3.8) is 0 Å². The molecule has 0 aliphatic heterocycles. The first-order valence-electron chi connectivity index (χ1n) is 4.60. The van der Waals surface area contributed by atoms with E-state index in [4.69, 9.17) is 23.2 Å². The van der Waals surface area contributed by atoms with Gasteiger partial charge in [0.1, 0.15) is 0 Å². The second kappa shape index (κ2) is 4.64. The van der Waals surface area contributed by atoms with Crippen LogP contribution in [0.15, 0.2) is 42.6 Å². The van der Waals surface area contributed by atoms with Crippen LogP contribution in [0, 0.1) is 0 Å². The molecule has 0 amide bonds. The minimum atomic E-state index is -0.600. The molecule has 0 bridgehead atoms. The molecule has 4 heteroatoms. The van der Waals surface area contributed by atoms with Gasteiger partial charge in [0.2, 0.25) is 0 Å². The van der Waals surface area contributed by atoms with E-state index in [0.717, 1.165) is 5.56 Å². The molecule has 0 saturated carbocycles. The Morgan fingerprint density at radius 2 is 1.81 bits per heavy atom. The predicted octanol–water partition coefficient (Wildman–Crippen LogP) is 3.78. The first-order valence-corrected chi connectivity index (χ1v) is 5.35. The first-order chi connectivity index (χ1) is 7.70. The molecule has 2 aromatic rings. The van der Waals surface area contributed by atoms with Gasteiger partial charge in [-0.3, -0.25) is 9.78 Å². The molecule has 0 aliphatic carbocycles. The molecule has 16 heavy (non-hydrogen) atoms. The van der Waals surface area contributed by atoms with E-state index in [1.807, 2.05) is 30.3 Å². The summed E-state index contributed by atoms with van der Waals surface area (Å²) >= 11 is 11.4. The fourth-order valence-corrected chi connectivity index (χ4v) is 1.91. The maximum atomic E-state index is 11.3. The average molecular weight is 252 g/mol. The monoisotopic (exact) mass is 251 g/mol. The molecule has 1 aromatic heterocycles. The van der Waals surface area contributed by atoms with Gasteiger partial charge in [0.25, 0.3) is 5.24 Å². The average Bonchev–Trinajstić information content (AvgIpc) is 2.29. The van der Waals surface area contributed by atoms with Gasteiger partial charge in [-0.15, -0.1) is 0 Å². The Morgan fingerprint density at radius 3 is 2.44 bits per heavy atom. The van der Waals surface area contributed by atoms with Crippen LogP contribution in [0.25, 0.3) is 11.3 Å². The molecule has 0 unspecified atom stereocenters. The molecular formula is C12H7Cl2NO. The Kier molecular flexibility index (Phi) is 3.22. The van der Waals surface area contributed by atoms with E-state index >= 15 is 0 Å². The Labute approximate surface area is 103 Å². The SMILES string of the molecule is O=C(Cl)c1c(Cl)ccnc1-c1ccccc1. The highest BCUT2D eigenvalue weighted by molar-refractivity contribution is 6.69. The summed E-state index contributed by atoms with van der Waals surface area (Å²) in [5.74, 6) is 0. The molecule has 80 valence electrons. The van der Waals surface area contributed by atoms with E-state index in [1.54, 1.807) is 12.3 Å². The van der Waals surface area contributed by atoms with Crippen molar-refractivity contribution in [2.45, 2.75) is 0 Å². The lowest BCUT2D eigenvalue weighted by Crippen LogP contribution is -1.97. The van der Waals surface area contributed by atoms with Gasteiger partial charge in [-0.2, -0.15) is 0 Å². The lowest BCUT2D eigenvalue weighted by molar-refractivity contribution is 0.108. The van der Waals surface area contributed by atoms with Crippen molar-refractivity contribution in [3.05, 3.63) is 53.2 Å². The van der Waals surface area contributed by atoms with Crippen molar-refractivity contribution < 1.29 is 4.79 Å². The highest BCUT2D eigenvalue weighted by atomic mass is 35.5. The van der Waals surface area contributed by atoms with Crippen molar-refractivity contribution in [3.8, 4) is 11.3 Å². The van der Waals surface area contributed by atoms with Gasteiger partial charge in [0.05, 0.1) is 16.3 Å². The van der Waals surface area contributed by atoms with Crippen molar-refractivity contribution in [2.24, 2.45) is 0 Å². The summed E-state index contributed by atoms with van der Waals surface area (Å²) in [6.07, 6.45) is 1.55. The Balaban J connectivity index is 2.66. The number of benzene rings is 1. The first kappa shape index (κ1) is 11.1. The Bertz CT molecular complexity index is 526. The zero-order valence-corrected chi connectivity index (χ0v) is 9.66. The van der Waals surface area contributed by atoms with Gasteiger partial charge in [-0.25, -0.2) is 0 Å². The molecule has 0 aliphatic rings. The fraction of sp³-hybridized carbons (Fsp3) is 0. The maximum absolute atomic E-state index is 11.3. The van der Waals surface area contributed by atoms with Crippen LogP contribution >= 0.6 is 23.2 Å². The van der Waals surface area contributed by atoms with E-state index in [2.05, 4.69) is 4.98 Å². The zero-order chi connectivity index (χ0) is 11.5. The molecule has 1 aromatic carbocycles. The number of carbonyl (C=O) groups excluding carboxylic acids is 1. The molecule has 0 N–H and O–H groups in total.